The van der Waals surface area contributed by atoms with Gasteiger partial charge in [-0.1, -0.05) is 20.8 Å². The van der Waals surface area contributed by atoms with E-state index in [9.17, 15) is 13.5 Å². The van der Waals surface area contributed by atoms with E-state index in [1.807, 2.05) is 0 Å². The molecular formula is C22H35N6O3S4+. The fourth-order valence-electron chi connectivity index (χ4n) is 3.82. The number of thiophene rings is 2. The Morgan fingerprint density at radius 3 is 2.49 bits per heavy atom. The maximum absolute atomic E-state index is 13.1. The second kappa shape index (κ2) is 11.6. The maximum Gasteiger partial charge on any atom is 0.322 e. The van der Waals surface area contributed by atoms with Crippen molar-refractivity contribution in [3.63, 3.8) is 0 Å². The van der Waals surface area contributed by atoms with Gasteiger partial charge in [-0.3, -0.25) is 4.99 Å². The zero-order chi connectivity index (χ0) is 25.9. The Morgan fingerprint density at radius 2 is 1.97 bits per heavy atom. The molecule has 1 fully saturated rings. The Labute approximate surface area is 221 Å². The number of aromatic hydroxyl groups is 1. The van der Waals surface area contributed by atoms with Crippen LogP contribution in [0.25, 0.3) is 0 Å². The zero-order valence-corrected chi connectivity index (χ0v) is 24.0. The van der Waals surface area contributed by atoms with Gasteiger partial charge in [-0.15, -0.1) is 22.7 Å². The van der Waals surface area contributed by atoms with E-state index < -0.39 is 10.0 Å². The molecule has 1 saturated heterocycles. The number of nitrogens with two attached hydrogens (primary N) is 1. The fraction of sp³-hybridized carbons (Fsp3) is 0.545. The van der Waals surface area contributed by atoms with Crippen molar-refractivity contribution < 1.29 is 18.5 Å². The molecule has 1 aliphatic rings. The number of nitrogens with one attached hydrogen (secondary N) is 2. The van der Waals surface area contributed by atoms with Crippen LogP contribution in [-0.2, 0) is 10.0 Å². The molecule has 0 radical (unpaired) electrons. The quantitative estimate of drug-likeness (QED) is 0.200. The van der Waals surface area contributed by atoms with E-state index in [1.165, 1.54) is 25.0 Å². The molecule has 9 nitrogen and oxygen atoms in total. The third-order valence-corrected chi connectivity index (χ3v) is 11.0. The lowest BCUT2D eigenvalue weighted by Crippen LogP contribution is -2.80. The van der Waals surface area contributed by atoms with Crippen LogP contribution in [0, 0.1) is 19.8 Å². The largest absolute Gasteiger partial charge is 0.504 e. The standard InChI is InChI=1S/C22H34N6O3S4/c1-6-27-7-9-28(10-8-27)35(30,31)22-19(29)16(12-33-22)24-20(23)21(26-32)25-18(13(2)3)17-11-14(4)15(5)34-17/h11-13,18,29,32H,6-10H2,1-5H3,(H2,23,24)(H,25,26)/p+1/t18-/m1/s1. The first-order valence-electron chi connectivity index (χ1n) is 11.5. The van der Waals surface area contributed by atoms with E-state index in [0.717, 1.165) is 17.9 Å². The topological polar surface area (TPSA) is 125 Å². The molecule has 194 valence electrons. The van der Waals surface area contributed by atoms with E-state index in [4.69, 9.17) is 5.73 Å². The summed E-state index contributed by atoms with van der Waals surface area (Å²) in [5.41, 5.74) is 7.58. The number of likely N-dealkylation sites (N-methyl/N-ethyl adjacent to an activating group) is 1. The van der Waals surface area contributed by atoms with Gasteiger partial charge < -0.3 is 15.7 Å². The highest BCUT2D eigenvalue weighted by Gasteiger charge is 2.33. The molecule has 2 aromatic rings. The predicted molar refractivity (Wildman–Crippen MR) is 148 cm³/mol. The van der Waals surface area contributed by atoms with Crippen molar-refractivity contribution >= 4 is 62.9 Å². The van der Waals surface area contributed by atoms with Gasteiger partial charge in [-0.25, -0.2) is 18.1 Å². The van der Waals surface area contributed by atoms with Gasteiger partial charge in [0, 0.05) is 54.1 Å². The van der Waals surface area contributed by atoms with Crippen LogP contribution in [0.2, 0.25) is 0 Å². The third-order valence-electron chi connectivity index (χ3n) is 6.13. The van der Waals surface area contributed by atoms with Crippen molar-refractivity contribution in [3.8, 4) is 5.75 Å². The molecule has 3 heterocycles. The number of sulfonamides is 1. The number of amidine groups is 2. The molecule has 0 unspecified atom stereocenters. The monoisotopic (exact) mass is 559 g/mol. The van der Waals surface area contributed by atoms with Crippen molar-refractivity contribution in [2.24, 2.45) is 16.6 Å². The summed E-state index contributed by atoms with van der Waals surface area (Å²) in [6.45, 7) is 13.4. The van der Waals surface area contributed by atoms with E-state index in [-0.39, 0.29) is 33.4 Å². The first kappa shape index (κ1) is 27.9. The molecule has 5 N–H and O–H groups in total. The maximum atomic E-state index is 13.1. The molecule has 13 heteroatoms. The lowest BCUT2D eigenvalue weighted by atomic mass is 10.0. The normalized spacial score (nSPS) is 17.8. The van der Waals surface area contributed by atoms with Crippen molar-refractivity contribution in [2.75, 3.05) is 32.7 Å². The Balaban J connectivity index is 1.88. The van der Waals surface area contributed by atoms with Gasteiger partial charge in [-0.2, -0.15) is 4.31 Å². The van der Waals surface area contributed by atoms with Crippen LogP contribution >= 0.6 is 35.5 Å². The van der Waals surface area contributed by atoms with Gasteiger partial charge in [0.15, 0.2) is 9.96 Å². The second-order valence-corrected chi connectivity index (χ2v) is 13.4. The number of hydrogen-bond donors (Lipinski definition) is 5. The highest BCUT2D eigenvalue weighted by atomic mass is 32.2. The van der Waals surface area contributed by atoms with E-state index in [2.05, 4.69) is 73.1 Å². The van der Waals surface area contributed by atoms with Gasteiger partial charge >= 0.3 is 5.84 Å². The second-order valence-electron chi connectivity index (χ2n) is 8.83. The summed E-state index contributed by atoms with van der Waals surface area (Å²) < 4.78 is 30.3. The number of hydrogen-bond acceptors (Lipinski definition) is 8. The lowest BCUT2D eigenvalue weighted by Gasteiger charge is -2.32. The Kier molecular flexibility index (Phi) is 9.27. The van der Waals surface area contributed by atoms with Crippen molar-refractivity contribution in [3.05, 3.63) is 26.8 Å². The molecule has 0 saturated carbocycles. The SMILES string of the molecule is CCN1CCN(S(=O)(=O)c2scc(N=C(N)C(NS)=[NH+][C@@H](c3cc(C)c(C)s3)C(C)C)c2O)CC1. The van der Waals surface area contributed by atoms with Gasteiger partial charge in [0.05, 0.1) is 0 Å². The van der Waals surface area contributed by atoms with Crippen LogP contribution in [0.3, 0.4) is 0 Å². The number of piperazine rings is 1. The zero-order valence-electron chi connectivity index (χ0n) is 20.7. The smallest absolute Gasteiger partial charge is 0.322 e. The molecule has 0 aliphatic carbocycles. The molecule has 3 rings (SSSR count). The summed E-state index contributed by atoms with van der Waals surface area (Å²) in [6, 6.07) is 2.12. The van der Waals surface area contributed by atoms with Crippen molar-refractivity contribution in [2.45, 2.75) is 44.9 Å². The Bertz CT molecular complexity index is 1170. The van der Waals surface area contributed by atoms with E-state index >= 15 is 0 Å². The molecule has 0 spiro atoms. The fourth-order valence-corrected chi connectivity index (χ4v) is 8.04. The predicted octanol–water partition coefficient (Wildman–Crippen LogP) is 1.76. The minimum absolute atomic E-state index is 0.0374. The summed E-state index contributed by atoms with van der Waals surface area (Å²) in [7, 11) is -3.82. The van der Waals surface area contributed by atoms with Crippen LogP contribution in [0.15, 0.2) is 20.6 Å². The van der Waals surface area contributed by atoms with Crippen LogP contribution in [0.5, 0.6) is 5.75 Å². The third kappa shape index (κ3) is 6.20. The molecule has 0 bridgehead atoms. The minimum Gasteiger partial charge on any atom is -0.504 e. The Morgan fingerprint density at radius 1 is 1.31 bits per heavy atom. The van der Waals surface area contributed by atoms with E-state index in [0.29, 0.717) is 32.0 Å². The van der Waals surface area contributed by atoms with Crippen LogP contribution in [0.4, 0.5) is 5.69 Å². The van der Waals surface area contributed by atoms with Crippen molar-refractivity contribution in [1.29, 1.82) is 0 Å². The number of nitrogens with zero attached hydrogens (tertiary/aromatic N) is 3. The highest BCUT2D eigenvalue weighted by Crippen LogP contribution is 2.41. The summed E-state index contributed by atoms with van der Waals surface area (Å²) in [5.74, 6) is 0.293. The molecule has 1 atom stereocenters. The number of thiol groups is 1. The van der Waals surface area contributed by atoms with Crippen LogP contribution < -0.4 is 15.4 Å². The first-order valence-corrected chi connectivity index (χ1v) is 15.1. The van der Waals surface area contributed by atoms with Gasteiger partial charge in [0.25, 0.3) is 10.0 Å². The first-order chi connectivity index (χ1) is 16.5. The van der Waals surface area contributed by atoms with Gasteiger partial charge in [0.2, 0.25) is 5.84 Å². The minimum atomic E-state index is -3.82. The molecule has 0 amide bonds. The molecule has 0 aromatic carbocycles. The number of aliphatic imine (C=N–C) groups is 1. The van der Waals surface area contributed by atoms with Gasteiger partial charge in [0.1, 0.15) is 11.7 Å². The van der Waals surface area contributed by atoms with Crippen LogP contribution in [-0.4, -0.2) is 67.1 Å². The molecular weight excluding hydrogens is 525 g/mol. The number of rotatable bonds is 7. The Hall–Kier alpha value is -1.64. The van der Waals surface area contributed by atoms with Crippen LogP contribution in [0.1, 0.15) is 42.1 Å². The van der Waals surface area contributed by atoms with E-state index in [1.54, 1.807) is 11.3 Å². The summed E-state index contributed by atoms with van der Waals surface area (Å²) in [5, 5.41) is 12.2. The highest BCUT2D eigenvalue weighted by molar-refractivity contribution is 7.91. The molecule has 35 heavy (non-hydrogen) atoms. The number of aryl methyl sites for hydroxylation is 2. The lowest BCUT2D eigenvalue weighted by molar-refractivity contribution is -0.518. The summed E-state index contributed by atoms with van der Waals surface area (Å²) in [4.78, 5) is 12.3. The molecule has 1 aliphatic heterocycles. The molecule has 2 aromatic heterocycles. The van der Waals surface area contributed by atoms with Gasteiger partial charge in [-0.05, 0) is 37.9 Å². The summed E-state index contributed by atoms with van der Waals surface area (Å²) in [6.07, 6.45) is 0. The average molecular weight is 560 g/mol. The summed E-state index contributed by atoms with van der Waals surface area (Å²) >= 11 is 6.85. The average Bonchev–Trinajstić information content (AvgIpc) is 3.35. The van der Waals surface area contributed by atoms with Crippen molar-refractivity contribution in [1.82, 2.24) is 13.9 Å².